The first-order chi connectivity index (χ1) is 13.8. The third kappa shape index (κ3) is 4.96. The van der Waals surface area contributed by atoms with E-state index in [0.717, 1.165) is 28.6 Å². The van der Waals surface area contributed by atoms with E-state index in [0.29, 0.717) is 18.6 Å². The van der Waals surface area contributed by atoms with Crippen molar-refractivity contribution in [3.63, 3.8) is 0 Å². The molecule has 1 atom stereocenters. The maximum atomic E-state index is 13.2. The van der Waals surface area contributed by atoms with Gasteiger partial charge >= 0.3 is 0 Å². The zero-order chi connectivity index (χ0) is 21.0. The normalized spacial score (nSPS) is 17.7. The monoisotopic (exact) mass is 484 g/mol. The molecule has 1 aliphatic heterocycles. The summed E-state index contributed by atoms with van der Waals surface area (Å²) in [7, 11) is -2.35. The van der Waals surface area contributed by atoms with Crippen molar-refractivity contribution in [1.82, 2.24) is 9.62 Å². The van der Waals surface area contributed by atoms with E-state index in [1.165, 1.54) is 16.4 Å². The van der Waals surface area contributed by atoms with E-state index in [1.807, 2.05) is 12.1 Å². The number of methoxy groups -OCH3 is 1. The lowest BCUT2D eigenvalue weighted by Crippen LogP contribution is -2.51. The summed E-state index contributed by atoms with van der Waals surface area (Å²) in [6.45, 7) is 0.459. The van der Waals surface area contributed by atoms with Gasteiger partial charge in [-0.05, 0) is 55.3 Å². The lowest BCUT2D eigenvalue weighted by Gasteiger charge is -2.33. The van der Waals surface area contributed by atoms with Crippen molar-refractivity contribution in [3.05, 3.63) is 58.3 Å². The zero-order valence-electron chi connectivity index (χ0n) is 15.9. The molecule has 0 spiro atoms. The number of amides is 1. The number of nitrogens with one attached hydrogen (secondary N) is 1. The quantitative estimate of drug-likeness (QED) is 0.680. The van der Waals surface area contributed by atoms with Crippen LogP contribution in [0.2, 0.25) is 0 Å². The lowest BCUT2D eigenvalue weighted by molar-refractivity contribution is -0.125. The highest BCUT2D eigenvalue weighted by molar-refractivity contribution is 9.10. The topological polar surface area (TPSA) is 75.7 Å². The van der Waals surface area contributed by atoms with Gasteiger partial charge in [-0.1, -0.05) is 22.4 Å². The Morgan fingerprint density at radius 1 is 1.24 bits per heavy atom. The summed E-state index contributed by atoms with van der Waals surface area (Å²) in [6.07, 6.45) is 1.86. The van der Waals surface area contributed by atoms with Crippen LogP contribution in [-0.4, -0.2) is 38.3 Å². The van der Waals surface area contributed by atoms with Crippen LogP contribution in [0.1, 0.15) is 24.8 Å². The van der Waals surface area contributed by atoms with Crippen LogP contribution in [-0.2, 0) is 21.4 Å². The van der Waals surface area contributed by atoms with E-state index < -0.39 is 21.9 Å². The number of sulfonamides is 1. The zero-order valence-corrected chi connectivity index (χ0v) is 18.3. The molecule has 0 bridgehead atoms. The van der Waals surface area contributed by atoms with Gasteiger partial charge in [0.15, 0.2) is 0 Å². The molecule has 1 saturated heterocycles. The molecule has 29 heavy (non-hydrogen) atoms. The molecule has 156 valence electrons. The molecule has 0 aliphatic carbocycles. The molecule has 1 heterocycles. The second-order valence-electron chi connectivity index (χ2n) is 6.76. The van der Waals surface area contributed by atoms with Crippen LogP contribution in [0.3, 0.4) is 0 Å². The molecule has 1 amide bonds. The largest absolute Gasteiger partial charge is 0.496 e. The Balaban J connectivity index is 1.78. The first kappa shape index (κ1) is 21.7. The van der Waals surface area contributed by atoms with Crippen LogP contribution in [0.25, 0.3) is 0 Å². The molecule has 0 radical (unpaired) electrons. The lowest BCUT2D eigenvalue weighted by atomic mass is 10.0. The van der Waals surface area contributed by atoms with Gasteiger partial charge in [-0.3, -0.25) is 4.79 Å². The number of ether oxygens (including phenoxy) is 1. The number of carbonyl (C=O) groups excluding carboxylic acids is 1. The number of rotatable bonds is 6. The Morgan fingerprint density at radius 2 is 1.97 bits per heavy atom. The molecule has 1 fully saturated rings. The van der Waals surface area contributed by atoms with Crippen molar-refractivity contribution in [1.29, 1.82) is 0 Å². The van der Waals surface area contributed by atoms with Crippen LogP contribution >= 0.6 is 15.9 Å². The summed E-state index contributed by atoms with van der Waals surface area (Å²) < 4.78 is 46.6. The third-order valence-electron chi connectivity index (χ3n) is 4.87. The summed E-state index contributed by atoms with van der Waals surface area (Å²) in [5.41, 5.74) is 0.777. The van der Waals surface area contributed by atoms with Gasteiger partial charge in [0.1, 0.15) is 17.6 Å². The summed E-state index contributed by atoms with van der Waals surface area (Å²) in [6, 6.07) is 9.31. The number of benzene rings is 2. The number of piperidine rings is 1. The SMILES string of the molecule is COc1ccc(Br)cc1CNC(=O)[C@H]1CCCCN1S(=O)(=O)c1ccc(F)cc1. The fourth-order valence-corrected chi connectivity index (χ4v) is 5.45. The van der Waals surface area contributed by atoms with E-state index in [9.17, 15) is 17.6 Å². The Kier molecular flexibility index (Phi) is 6.92. The Hall–Kier alpha value is -1.97. The molecule has 6 nitrogen and oxygen atoms in total. The van der Waals surface area contributed by atoms with Crippen LogP contribution in [0.15, 0.2) is 51.8 Å². The van der Waals surface area contributed by atoms with E-state index >= 15 is 0 Å². The highest BCUT2D eigenvalue weighted by Gasteiger charge is 2.37. The fourth-order valence-electron chi connectivity index (χ4n) is 3.38. The standard InChI is InChI=1S/C20H22BrFN2O4S/c1-28-19-10-5-15(21)12-14(19)13-23-20(25)18-4-2-3-11-24(18)29(26,27)17-8-6-16(22)7-9-17/h5-10,12,18H,2-4,11,13H2,1H3,(H,23,25)/t18-/m1/s1. The molecule has 0 aromatic heterocycles. The van der Waals surface area contributed by atoms with Crippen molar-refractivity contribution in [2.75, 3.05) is 13.7 Å². The Morgan fingerprint density at radius 3 is 2.66 bits per heavy atom. The minimum absolute atomic E-state index is 0.0211. The predicted octanol–water partition coefficient (Wildman–Crippen LogP) is 3.46. The average Bonchev–Trinajstić information content (AvgIpc) is 2.72. The summed E-state index contributed by atoms with van der Waals surface area (Å²) in [5, 5.41) is 2.83. The average molecular weight is 485 g/mol. The van der Waals surface area contributed by atoms with E-state index in [2.05, 4.69) is 21.2 Å². The van der Waals surface area contributed by atoms with Crippen LogP contribution in [0.5, 0.6) is 5.75 Å². The fraction of sp³-hybridized carbons (Fsp3) is 0.350. The first-order valence-corrected chi connectivity index (χ1v) is 11.4. The summed E-state index contributed by atoms with van der Waals surface area (Å²) in [4.78, 5) is 12.8. The van der Waals surface area contributed by atoms with Crippen molar-refractivity contribution in [3.8, 4) is 5.75 Å². The molecular weight excluding hydrogens is 463 g/mol. The van der Waals surface area contributed by atoms with Crippen molar-refractivity contribution in [2.24, 2.45) is 0 Å². The third-order valence-corrected chi connectivity index (χ3v) is 7.29. The van der Waals surface area contributed by atoms with E-state index in [1.54, 1.807) is 13.2 Å². The van der Waals surface area contributed by atoms with Gasteiger partial charge < -0.3 is 10.1 Å². The molecule has 1 N–H and O–H groups in total. The maximum absolute atomic E-state index is 13.2. The Bertz CT molecular complexity index is 982. The summed E-state index contributed by atoms with van der Waals surface area (Å²) in [5.74, 6) is -0.245. The highest BCUT2D eigenvalue weighted by atomic mass is 79.9. The van der Waals surface area contributed by atoms with E-state index in [4.69, 9.17) is 4.74 Å². The number of carbonyl (C=O) groups is 1. The van der Waals surface area contributed by atoms with Crippen LogP contribution < -0.4 is 10.1 Å². The molecule has 2 aromatic carbocycles. The van der Waals surface area contributed by atoms with Gasteiger partial charge in [-0.2, -0.15) is 4.31 Å². The van der Waals surface area contributed by atoms with Gasteiger partial charge in [0.05, 0.1) is 12.0 Å². The van der Waals surface area contributed by atoms with Gasteiger partial charge in [-0.15, -0.1) is 0 Å². The molecule has 1 aliphatic rings. The smallest absolute Gasteiger partial charge is 0.243 e. The number of hydrogen-bond acceptors (Lipinski definition) is 4. The predicted molar refractivity (Wildman–Crippen MR) is 110 cm³/mol. The highest BCUT2D eigenvalue weighted by Crippen LogP contribution is 2.27. The molecule has 0 saturated carbocycles. The second-order valence-corrected chi connectivity index (χ2v) is 9.56. The van der Waals surface area contributed by atoms with Crippen molar-refractivity contribution >= 4 is 31.9 Å². The molecule has 0 unspecified atom stereocenters. The number of hydrogen-bond donors (Lipinski definition) is 1. The van der Waals surface area contributed by atoms with Gasteiger partial charge in [0, 0.05) is 23.1 Å². The van der Waals surface area contributed by atoms with Crippen molar-refractivity contribution < 1.29 is 22.3 Å². The molecule has 3 rings (SSSR count). The second kappa shape index (κ2) is 9.23. The van der Waals surface area contributed by atoms with E-state index in [-0.39, 0.29) is 23.9 Å². The van der Waals surface area contributed by atoms with Gasteiger partial charge in [-0.25, -0.2) is 12.8 Å². The first-order valence-electron chi connectivity index (χ1n) is 9.20. The Labute approximate surface area is 178 Å². The molecule has 9 heteroatoms. The summed E-state index contributed by atoms with van der Waals surface area (Å²) >= 11 is 3.39. The van der Waals surface area contributed by atoms with Crippen LogP contribution in [0, 0.1) is 5.82 Å². The van der Waals surface area contributed by atoms with Crippen molar-refractivity contribution in [2.45, 2.75) is 36.7 Å². The number of nitrogens with zero attached hydrogens (tertiary/aromatic N) is 1. The number of halogens is 2. The van der Waals surface area contributed by atoms with Gasteiger partial charge in [0.2, 0.25) is 15.9 Å². The van der Waals surface area contributed by atoms with Crippen LogP contribution in [0.4, 0.5) is 4.39 Å². The van der Waals surface area contributed by atoms with Gasteiger partial charge in [0.25, 0.3) is 0 Å². The molecular formula is C20H22BrFN2O4S. The minimum atomic E-state index is -3.90. The maximum Gasteiger partial charge on any atom is 0.243 e. The molecule has 2 aromatic rings. The minimum Gasteiger partial charge on any atom is -0.496 e.